The number of carbonyl (C=O) groups excluding carboxylic acids is 1. The lowest BCUT2D eigenvalue weighted by atomic mass is 9.91. The number of amides is 1. The Kier molecular flexibility index (Phi) is 8.18. The van der Waals surface area contributed by atoms with E-state index in [0.29, 0.717) is 17.2 Å². The summed E-state index contributed by atoms with van der Waals surface area (Å²) in [6, 6.07) is 6.90. The molecule has 0 saturated heterocycles. The summed E-state index contributed by atoms with van der Waals surface area (Å²) in [6.07, 6.45) is -8.75. The highest BCUT2D eigenvalue weighted by atomic mass is 32.2. The quantitative estimate of drug-likeness (QED) is 0.485. The third-order valence-corrected chi connectivity index (χ3v) is 5.51. The van der Waals surface area contributed by atoms with Crippen LogP contribution in [0.1, 0.15) is 22.3 Å². The Bertz CT molecular complexity index is 1030. The molecule has 0 aliphatic heterocycles. The van der Waals surface area contributed by atoms with Crippen LogP contribution < -0.4 is 10.6 Å². The number of hydrogen-bond acceptors (Lipinski definition) is 4. The largest absolute Gasteiger partial charge is 0.423 e. The molecule has 2 rings (SSSR count). The number of benzene rings is 2. The van der Waals surface area contributed by atoms with Crippen LogP contribution in [0, 0.1) is 6.92 Å². The molecule has 5 nitrogen and oxygen atoms in total. The average molecular weight is 496 g/mol. The number of nitrogens with one attached hydrogen (secondary N) is 2. The monoisotopic (exact) mass is 496 g/mol. The SMILES string of the molecule is Cc1cc(NC[C@@](O)(c2cccc(C(F)(F)F)c2)C(F)(F)F)ccc1CNC(=O)C[S@](C)=O. The van der Waals surface area contributed by atoms with Crippen molar-refractivity contribution in [3.8, 4) is 0 Å². The van der Waals surface area contributed by atoms with E-state index in [1.807, 2.05) is 0 Å². The number of aryl methyl sites for hydroxylation is 1. The fourth-order valence-corrected chi connectivity index (χ4v) is 3.45. The molecule has 2 aromatic carbocycles. The molecule has 0 heterocycles. The maximum atomic E-state index is 13.7. The highest BCUT2D eigenvalue weighted by Crippen LogP contribution is 2.41. The normalized spacial score (nSPS) is 14.9. The van der Waals surface area contributed by atoms with Crippen LogP contribution in [-0.4, -0.2) is 40.0 Å². The number of aliphatic hydroxyl groups is 1. The molecule has 0 radical (unpaired) electrons. The van der Waals surface area contributed by atoms with Crippen LogP contribution in [0.4, 0.5) is 32.0 Å². The standard InChI is InChI=1S/C21H22F6N2O3S/c1-13-8-17(7-6-14(13)10-28-18(30)11-33(2)32)29-12-19(31,21(25,26)27)15-4-3-5-16(9-15)20(22,23)24/h3-9,29,31H,10-12H2,1-2H3,(H,28,30)/t19-,33+/m1/s1. The molecule has 2 atom stereocenters. The third-order valence-electron chi connectivity index (χ3n) is 4.84. The van der Waals surface area contributed by atoms with Gasteiger partial charge in [-0.15, -0.1) is 0 Å². The molecule has 2 aromatic rings. The van der Waals surface area contributed by atoms with E-state index in [2.05, 4.69) is 10.6 Å². The van der Waals surface area contributed by atoms with E-state index in [1.54, 1.807) is 6.92 Å². The Morgan fingerprint density at radius 3 is 2.21 bits per heavy atom. The first-order valence-corrected chi connectivity index (χ1v) is 11.2. The zero-order valence-corrected chi connectivity index (χ0v) is 18.4. The van der Waals surface area contributed by atoms with Gasteiger partial charge in [0.1, 0.15) is 5.75 Å². The lowest BCUT2D eigenvalue weighted by molar-refractivity contribution is -0.260. The lowest BCUT2D eigenvalue weighted by Crippen LogP contribution is -2.48. The predicted molar refractivity (Wildman–Crippen MR) is 112 cm³/mol. The molecule has 0 aromatic heterocycles. The van der Waals surface area contributed by atoms with Crippen LogP contribution in [-0.2, 0) is 33.9 Å². The number of alkyl halides is 6. The summed E-state index contributed by atoms with van der Waals surface area (Å²) in [6.45, 7) is 0.627. The summed E-state index contributed by atoms with van der Waals surface area (Å²) >= 11 is 0. The average Bonchev–Trinajstić information content (AvgIpc) is 2.69. The lowest BCUT2D eigenvalue weighted by Gasteiger charge is -2.32. The van der Waals surface area contributed by atoms with E-state index in [1.165, 1.54) is 24.5 Å². The Labute approximate surface area is 188 Å². The zero-order valence-electron chi connectivity index (χ0n) is 17.6. The molecule has 33 heavy (non-hydrogen) atoms. The predicted octanol–water partition coefficient (Wildman–Crippen LogP) is 3.87. The minimum Gasteiger partial charge on any atom is -0.381 e. The van der Waals surface area contributed by atoms with Crippen molar-refractivity contribution in [2.45, 2.75) is 31.4 Å². The number of anilines is 1. The number of halogens is 6. The van der Waals surface area contributed by atoms with E-state index in [9.17, 15) is 40.5 Å². The van der Waals surface area contributed by atoms with Crippen molar-refractivity contribution in [3.05, 3.63) is 64.7 Å². The van der Waals surface area contributed by atoms with Gasteiger partial charge in [-0.05, 0) is 47.9 Å². The van der Waals surface area contributed by atoms with Gasteiger partial charge in [0.25, 0.3) is 0 Å². The van der Waals surface area contributed by atoms with Gasteiger partial charge in [0, 0.05) is 29.3 Å². The van der Waals surface area contributed by atoms with Crippen LogP contribution >= 0.6 is 0 Å². The van der Waals surface area contributed by atoms with Crippen molar-refractivity contribution >= 4 is 22.4 Å². The number of carbonyl (C=O) groups is 1. The topological polar surface area (TPSA) is 78.4 Å². The van der Waals surface area contributed by atoms with Crippen LogP contribution in [0.2, 0.25) is 0 Å². The molecule has 0 saturated carbocycles. The summed E-state index contributed by atoms with van der Waals surface area (Å²) in [4.78, 5) is 11.6. The second kappa shape index (κ2) is 10.1. The van der Waals surface area contributed by atoms with Crippen molar-refractivity contribution in [2.24, 2.45) is 0 Å². The summed E-state index contributed by atoms with van der Waals surface area (Å²) in [5.41, 5.74) is -4.39. The molecule has 0 fully saturated rings. The number of hydrogen-bond donors (Lipinski definition) is 3. The molecule has 0 unspecified atom stereocenters. The summed E-state index contributed by atoms with van der Waals surface area (Å²) < 4.78 is 91.0. The van der Waals surface area contributed by atoms with Gasteiger partial charge in [0.15, 0.2) is 0 Å². The molecule has 0 spiro atoms. The molecular formula is C21H22F6N2O3S. The summed E-state index contributed by atoms with van der Waals surface area (Å²) in [7, 11) is -1.30. The minimum atomic E-state index is -5.26. The van der Waals surface area contributed by atoms with Crippen molar-refractivity contribution in [1.82, 2.24) is 5.32 Å². The fourth-order valence-electron chi connectivity index (χ4n) is 2.98. The highest BCUT2D eigenvalue weighted by molar-refractivity contribution is 7.85. The fraction of sp³-hybridized carbons (Fsp3) is 0.381. The molecule has 182 valence electrons. The van der Waals surface area contributed by atoms with E-state index >= 15 is 0 Å². The van der Waals surface area contributed by atoms with E-state index < -0.39 is 52.3 Å². The molecule has 12 heteroatoms. The van der Waals surface area contributed by atoms with Gasteiger partial charge < -0.3 is 15.7 Å². The molecular weight excluding hydrogens is 474 g/mol. The van der Waals surface area contributed by atoms with Crippen molar-refractivity contribution < 1.29 is 40.5 Å². The van der Waals surface area contributed by atoms with Gasteiger partial charge in [-0.1, -0.05) is 18.2 Å². The molecule has 0 aliphatic rings. The van der Waals surface area contributed by atoms with Gasteiger partial charge in [-0.3, -0.25) is 9.00 Å². The van der Waals surface area contributed by atoms with Gasteiger partial charge >= 0.3 is 12.4 Å². The zero-order chi connectivity index (χ0) is 25.0. The van der Waals surface area contributed by atoms with E-state index in [-0.39, 0.29) is 24.1 Å². The van der Waals surface area contributed by atoms with Gasteiger partial charge in [-0.2, -0.15) is 26.3 Å². The first-order valence-electron chi connectivity index (χ1n) is 9.50. The maximum absolute atomic E-state index is 13.7. The first kappa shape index (κ1) is 26.7. The van der Waals surface area contributed by atoms with E-state index in [4.69, 9.17) is 0 Å². The van der Waals surface area contributed by atoms with Crippen LogP contribution in [0.5, 0.6) is 0 Å². The van der Waals surface area contributed by atoms with Crippen molar-refractivity contribution in [3.63, 3.8) is 0 Å². The Morgan fingerprint density at radius 2 is 1.67 bits per heavy atom. The Hall–Kier alpha value is -2.60. The Morgan fingerprint density at radius 1 is 1.03 bits per heavy atom. The summed E-state index contributed by atoms with van der Waals surface area (Å²) in [5, 5.41) is 15.4. The van der Waals surface area contributed by atoms with Crippen LogP contribution in [0.15, 0.2) is 42.5 Å². The second-order valence-corrected chi connectivity index (χ2v) is 8.86. The maximum Gasteiger partial charge on any atom is 0.423 e. The third kappa shape index (κ3) is 6.94. The van der Waals surface area contributed by atoms with Crippen molar-refractivity contribution in [2.75, 3.05) is 23.9 Å². The van der Waals surface area contributed by atoms with Crippen LogP contribution in [0.25, 0.3) is 0 Å². The first-order chi connectivity index (χ1) is 15.1. The van der Waals surface area contributed by atoms with Gasteiger partial charge in [0.05, 0.1) is 12.1 Å². The molecule has 0 bridgehead atoms. The Balaban J connectivity index is 2.20. The molecule has 3 N–H and O–H groups in total. The summed E-state index contributed by atoms with van der Waals surface area (Å²) in [5.74, 6) is -0.585. The van der Waals surface area contributed by atoms with Crippen LogP contribution in [0.3, 0.4) is 0 Å². The molecule has 0 aliphatic carbocycles. The van der Waals surface area contributed by atoms with Gasteiger partial charge in [0.2, 0.25) is 11.5 Å². The number of rotatable bonds is 8. The van der Waals surface area contributed by atoms with E-state index in [0.717, 1.165) is 12.1 Å². The smallest absolute Gasteiger partial charge is 0.381 e. The van der Waals surface area contributed by atoms with Gasteiger partial charge in [-0.25, -0.2) is 0 Å². The highest BCUT2D eigenvalue weighted by Gasteiger charge is 2.55. The minimum absolute atomic E-state index is 0.110. The second-order valence-electron chi connectivity index (χ2n) is 7.43. The van der Waals surface area contributed by atoms with Crippen molar-refractivity contribution in [1.29, 1.82) is 0 Å². The molecule has 1 amide bonds.